The average molecular weight is 429 g/mol. The summed E-state index contributed by atoms with van der Waals surface area (Å²) in [4.78, 5) is 12.2. The van der Waals surface area contributed by atoms with Crippen LogP contribution >= 0.6 is 11.3 Å². The van der Waals surface area contributed by atoms with Gasteiger partial charge in [0, 0.05) is 28.4 Å². The predicted octanol–water partition coefficient (Wildman–Crippen LogP) is 6.16. The van der Waals surface area contributed by atoms with Crippen LogP contribution in [0.2, 0.25) is 0 Å². The molecule has 2 aromatic heterocycles. The van der Waals surface area contributed by atoms with Gasteiger partial charge in [0.05, 0.1) is 30.9 Å². The smallest absolute Gasteiger partial charge is 0.337 e. The van der Waals surface area contributed by atoms with Gasteiger partial charge < -0.3 is 9.30 Å². The van der Waals surface area contributed by atoms with Crippen LogP contribution in [0.15, 0.2) is 59.3 Å². The molecule has 2 heterocycles. The number of esters is 1. The maximum absolute atomic E-state index is 12.2. The maximum atomic E-state index is 12.2. The molecule has 0 fully saturated rings. The second-order valence-electron chi connectivity index (χ2n) is 7.61. The number of carbonyl (C=O) groups excluding carboxylic acids is 1. The summed E-state index contributed by atoms with van der Waals surface area (Å²) in [7, 11) is 1.40. The lowest BCUT2D eigenvalue weighted by Crippen LogP contribution is -2.02. The van der Waals surface area contributed by atoms with Gasteiger partial charge in [0.25, 0.3) is 0 Å². The highest BCUT2D eigenvalue weighted by Gasteiger charge is 2.20. The van der Waals surface area contributed by atoms with Crippen LogP contribution in [-0.4, -0.2) is 17.6 Å². The first-order valence-corrected chi connectivity index (χ1v) is 11.2. The zero-order valence-corrected chi connectivity index (χ0v) is 18.5. The van der Waals surface area contributed by atoms with Gasteiger partial charge >= 0.3 is 5.97 Å². The van der Waals surface area contributed by atoms with Crippen molar-refractivity contribution in [3.63, 3.8) is 0 Å². The van der Waals surface area contributed by atoms with Crippen molar-refractivity contribution < 1.29 is 9.53 Å². The minimum absolute atomic E-state index is 0.340. The molecule has 0 N–H and O–H groups in total. The van der Waals surface area contributed by atoms with Crippen LogP contribution < -0.4 is 0 Å². The zero-order valence-electron chi connectivity index (χ0n) is 17.7. The minimum Gasteiger partial charge on any atom is -0.465 e. The summed E-state index contributed by atoms with van der Waals surface area (Å²) < 4.78 is 7.18. The molecule has 156 valence electrons. The van der Waals surface area contributed by atoms with E-state index < -0.39 is 0 Å². The SMILES string of the molecule is COC(=O)c1ccc2c(c1)c(CCc1ccc(C)cc1)c(-c1ccsc1)n2CCC#N. The number of ether oxygens (including phenoxy) is 1. The van der Waals surface area contributed by atoms with Crippen molar-refractivity contribution in [3.05, 3.63) is 81.5 Å². The van der Waals surface area contributed by atoms with E-state index in [1.807, 2.05) is 12.1 Å². The van der Waals surface area contributed by atoms with E-state index in [0.717, 1.165) is 35.0 Å². The van der Waals surface area contributed by atoms with Crippen molar-refractivity contribution in [1.29, 1.82) is 5.26 Å². The van der Waals surface area contributed by atoms with E-state index in [0.29, 0.717) is 18.5 Å². The Morgan fingerprint density at radius 3 is 2.61 bits per heavy atom. The van der Waals surface area contributed by atoms with Crippen LogP contribution in [-0.2, 0) is 24.1 Å². The Balaban J connectivity index is 1.88. The van der Waals surface area contributed by atoms with E-state index in [1.165, 1.54) is 23.8 Å². The molecule has 0 bridgehead atoms. The zero-order chi connectivity index (χ0) is 21.8. The number of nitrogens with zero attached hydrogens (tertiary/aromatic N) is 2. The number of carbonyl (C=O) groups is 1. The number of nitriles is 1. The number of aryl methyl sites for hydroxylation is 4. The molecule has 0 radical (unpaired) electrons. The van der Waals surface area contributed by atoms with E-state index in [2.05, 4.69) is 58.7 Å². The molecule has 4 nitrogen and oxygen atoms in total. The number of hydrogen-bond acceptors (Lipinski definition) is 4. The molecule has 0 spiro atoms. The highest BCUT2D eigenvalue weighted by molar-refractivity contribution is 7.08. The summed E-state index contributed by atoms with van der Waals surface area (Å²) in [6.45, 7) is 2.70. The van der Waals surface area contributed by atoms with E-state index in [9.17, 15) is 10.1 Å². The van der Waals surface area contributed by atoms with Gasteiger partial charge in [-0.05, 0) is 60.5 Å². The Kier molecular flexibility index (Phi) is 6.20. The van der Waals surface area contributed by atoms with Crippen molar-refractivity contribution in [2.45, 2.75) is 32.7 Å². The van der Waals surface area contributed by atoms with Gasteiger partial charge in [0.2, 0.25) is 0 Å². The number of fused-ring (bicyclic) bond motifs is 1. The first-order valence-electron chi connectivity index (χ1n) is 10.3. The van der Waals surface area contributed by atoms with Crippen molar-refractivity contribution in [3.8, 4) is 17.3 Å². The first-order chi connectivity index (χ1) is 15.1. The normalized spacial score (nSPS) is 10.9. The Bertz CT molecular complexity index is 1250. The fraction of sp³-hybridized carbons (Fsp3) is 0.231. The molecule has 4 rings (SSSR count). The molecule has 0 aliphatic heterocycles. The fourth-order valence-electron chi connectivity index (χ4n) is 4.07. The van der Waals surface area contributed by atoms with Gasteiger partial charge in [-0.25, -0.2) is 4.79 Å². The number of aromatic nitrogens is 1. The van der Waals surface area contributed by atoms with Gasteiger partial charge in [0.15, 0.2) is 0 Å². The van der Waals surface area contributed by atoms with E-state index in [1.54, 1.807) is 17.4 Å². The third-order valence-electron chi connectivity index (χ3n) is 5.62. The highest BCUT2D eigenvalue weighted by atomic mass is 32.1. The Hall–Kier alpha value is -3.36. The number of hydrogen-bond donors (Lipinski definition) is 0. The molecule has 2 aromatic carbocycles. The second-order valence-corrected chi connectivity index (χ2v) is 8.39. The molecule has 0 aliphatic carbocycles. The highest BCUT2D eigenvalue weighted by Crippen LogP contribution is 2.36. The Morgan fingerprint density at radius 2 is 1.94 bits per heavy atom. The molecule has 0 saturated carbocycles. The summed E-state index contributed by atoms with van der Waals surface area (Å²) in [6, 6.07) is 18.7. The van der Waals surface area contributed by atoms with Crippen LogP contribution in [0, 0.1) is 18.3 Å². The largest absolute Gasteiger partial charge is 0.465 e. The van der Waals surface area contributed by atoms with Crippen molar-refractivity contribution >= 4 is 28.2 Å². The van der Waals surface area contributed by atoms with Gasteiger partial charge in [-0.2, -0.15) is 16.6 Å². The number of methoxy groups -OCH3 is 1. The lowest BCUT2D eigenvalue weighted by Gasteiger charge is -2.10. The lowest BCUT2D eigenvalue weighted by atomic mass is 9.98. The molecule has 0 atom stereocenters. The fourth-order valence-corrected chi connectivity index (χ4v) is 4.71. The van der Waals surface area contributed by atoms with E-state index >= 15 is 0 Å². The minimum atomic E-state index is -0.340. The Labute approximate surface area is 186 Å². The maximum Gasteiger partial charge on any atom is 0.337 e. The van der Waals surface area contributed by atoms with Crippen LogP contribution in [0.3, 0.4) is 0 Å². The molecule has 0 saturated heterocycles. The van der Waals surface area contributed by atoms with Gasteiger partial charge in [-0.3, -0.25) is 0 Å². The van der Waals surface area contributed by atoms with Crippen molar-refractivity contribution in [1.82, 2.24) is 4.57 Å². The van der Waals surface area contributed by atoms with Crippen LogP contribution in [0.4, 0.5) is 0 Å². The van der Waals surface area contributed by atoms with Gasteiger partial charge in [-0.15, -0.1) is 0 Å². The third-order valence-corrected chi connectivity index (χ3v) is 6.30. The van der Waals surface area contributed by atoms with Gasteiger partial charge in [0.1, 0.15) is 0 Å². The first kappa shape index (κ1) is 20.9. The lowest BCUT2D eigenvalue weighted by molar-refractivity contribution is 0.0601. The molecule has 4 aromatic rings. The molecular formula is C26H24N2O2S. The molecular weight excluding hydrogens is 404 g/mol. The van der Waals surface area contributed by atoms with Crippen molar-refractivity contribution in [2.75, 3.05) is 7.11 Å². The van der Waals surface area contributed by atoms with Crippen LogP contribution in [0.25, 0.3) is 22.2 Å². The quantitative estimate of drug-likeness (QED) is 0.331. The van der Waals surface area contributed by atoms with Crippen LogP contribution in [0.5, 0.6) is 0 Å². The summed E-state index contributed by atoms with van der Waals surface area (Å²) in [6.07, 6.45) is 2.17. The third kappa shape index (κ3) is 4.26. The molecule has 0 unspecified atom stereocenters. The summed E-state index contributed by atoms with van der Waals surface area (Å²) >= 11 is 1.66. The second kappa shape index (κ2) is 9.20. The molecule has 0 amide bonds. The molecule has 31 heavy (non-hydrogen) atoms. The standard InChI is InChI=1S/C26H24N2O2S/c1-18-4-6-19(7-5-18)8-10-22-23-16-20(26(29)30-2)9-11-24(23)28(14-3-13-27)25(22)21-12-15-31-17-21/h4-7,9,11-12,15-17H,3,8,10,14H2,1-2H3. The van der Waals surface area contributed by atoms with Crippen molar-refractivity contribution in [2.24, 2.45) is 0 Å². The summed E-state index contributed by atoms with van der Waals surface area (Å²) in [5.74, 6) is -0.340. The Morgan fingerprint density at radius 1 is 1.13 bits per heavy atom. The average Bonchev–Trinajstić information content (AvgIpc) is 3.42. The molecule has 0 aliphatic rings. The monoisotopic (exact) mass is 428 g/mol. The van der Waals surface area contributed by atoms with Crippen LogP contribution in [0.1, 0.15) is 33.5 Å². The topological polar surface area (TPSA) is 55.0 Å². The predicted molar refractivity (Wildman–Crippen MR) is 125 cm³/mol. The summed E-state index contributed by atoms with van der Waals surface area (Å²) in [5.41, 5.74) is 7.61. The van der Waals surface area contributed by atoms with Gasteiger partial charge in [-0.1, -0.05) is 29.8 Å². The summed E-state index contributed by atoms with van der Waals surface area (Å²) in [5, 5.41) is 14.5. The van der Waals surface area contributed by atoms with E-state index in [4.69, 9.17) is 4.74 Å². The number of benzene rings is 2. The van der Waals surface area contributed by atoms with E-state index in [-0.39, 0.29) is 5.97 Å². The number of thiophene rings is 1. The molecule has 5 heteroatoms. The number of rotatable bonds is 7.